The summed E-state index contributed by atoms with van der Waals surface area (Å²) in [7, 11) is 0. The molecule has 0 aliphatic heterocycles. The van der Waals surface area contributed by atoms with E-state index in [1.165, 1.54) is 11.1 Å². The summed E-state index contributed by atoms with van der Waals surface area (Å²) in [4.78, 5) is 4.31. The molecule has 5 heteroatoms. The smallest absolute Gasteiger partial charge is 0.203 e. The molecule has 0 spiro atoms. The van der Waals surface area contributed by atoms with Gasteiger partial charge in [-0.25, -0.2) is 4.98 Å². The van der Waals surface area contributed by atoms with Crippen LogP contribution >= 0.6 is 0 Å². The summed E-state index contributed by atoms with van der Waals surface area (Å²) in [5.41, 5.74) is 11.4. The Hall–Kier alpha value is -3.21. The van der Waals surface area contributed by atoms with Crippen molar-refractivity contribution in [3.8, 4) is 0 Å². The van der Waals surface area contributed by atoms with Crippen molar-refractivity contribution in [1.82, 2.24) is 20.4 Å². The van der Waals surface area contributed by atoms with E-state index in [0.29, 0.717) is 11.5 Å². The number of aromatic amines is 1. The summed E-state index contributed by atoms with van der Waals surface area (Å²) >= 11 is 0. The Bertz CT molecular complexity index is 1090. The van der Waals surface area contributed by atoms with E-state index in [0.717, 1.165) is 36.8 Å². The van der Waals surface area contributed by atoms with Crippen LogP contribution in [0, 0.1) is 0 Å². The Morgan fingerprint density at radius 2 is 1.63 bits per heavy atom. The van der Waals surface area contributed by atoms with Crippen molar-refractivity contribution >= 4 is 17.0 Å². The van der Waals surface area contributed by atoms with Gasteiger partial charge in [-0.3, -0.25) is 0 Å². The van der Waals surface area contributed by atoms with Gasteiger partial charge in [-0.1, -0.05) is 87.4 Å². The van der Waals surface area contributed by atoms with E-state index in [9.17, 15) is 0 Å². The Morgan fingerprint density at radius 1 is 0.933 bits per heavy atom. The molecule has 0 aliphatic rings. The van der Waals surface area contributed by atoms with E-state index in [1.54, 1.807) is 0 Å². The minimum atomic E-state index is 0.171. The monoisotopic (exact) mass is 399 g/mol. The quantitative estimate of drug-likeness (QED) is 0.378. The molecule has 2 aromatic carbocycles. The molecule has 0 radical (unpaired) electrons. The first-order valence-electron chi connectivity index (χ1n) is 10.6. The van der Waals surface area contributed by atoms with Crippen LogP contribution in [0.1, 0.15) is 62.1 Å². The van der Waals surface area contributed by atoms with Gasteiger partial charge in [-0.15, -0.1) is 5.10 Å². The number of hydrogen-bond acceptors (Lipinski definition) is 4. The van der Waals surface area contributed by atoms with Crippen molar-refractivity contribution in [3.05, 3.63) is 83.4 Å². The van der Waals surface area contributed by atoms with E-state index < -0.39 is 0 Å². The average Bonchev–Trinajstić information content (AvgIpc) is 3.23. The lowest BCUT2D eigenvalue weighted by Gasteiger charge is -2.26. The summed E-state index contributed by atoms with van der Waals surface area (Å²) in [6.45, 7) is 4.67. The number of anilines is 1. The molecule has 0 saturated heterocycles. The molecule has 5 nitrogen and oxygen atoms in total. The largest absolute Gasteiger partial charge is 0.384 e. The number of unbranched alkanes of at least 4 members (excludes halogenated alkanes) is 1. The van der Waals surface area contributed by atoms with Gasteiger partial charge in [0.2, 0.25) is 5.65 Å². The summed E-state index contributed by atoms with van der Waals surface area (Å²) in [6.07, 6.45) is 4.46. The highest BCUT2D eigenvalue weighted by Crippen LogP contribution is 2.35. The number of H-pyrrole nitrogens is 1. The van der Waals surface area contributed by atoms with Crippen molar-refractivity contribution in [3.63, 3.8) is 0 Å². The number of nitrogens with two attached hydrogens (primary N) is 1. The molecule has 2 heterocycles. The van der Waals surface area contributed by atoms with Crippen LogP contribution in [-0.2, 0) is 5.41 Å². The highest BCUT2D eigenvalue weighted by atomic mass is 15.3. The van der Waals surface area contributed by atoms with Gasteiger partial charge >= 0.3 is 0 Å². The average molecular weight is 400 g/mol. The van der Waals surface area contributed by atoms with E-state index in [4.69, 9.17) is 5.73 Å². The summed E-state index contributed by atoms with van der Waals surface area (Å²) in [5.74, 6) is 0.696. The van der Waals surface area contributed by atoms with Crippen molar-refractivity contribution in [2.45, 2.75) is 50.9 Å². The summed E-state index contributed by atoms with van der Waals surface area (Å²) in [6, 6.07) is 23.3. The van der Waals surface area contributed by atoms with E-state index >= 15 is 0 Å². The Morgan fingerprint density at radius 3 is 2.37 bits per heavy atom. The fourth-order valence-corrected chi connectivity index (χ4v) is 4.28. The maximum atomic E-state index is 6.08. The first-order chi connectivity index (χ1) is 14.5. The van der Waals surface area contributed by atoms with E-state index in [1.807, 2.05) is 6.07 Å². The molecule has 4 aromatic rings. The van der Waals surface area contributed by atoms with Gasteiger partial charge in [0.15, 0.2) is 0 Å². The number of hydrogen-bond donors (Lipinski definition) is 2. The van der Waals surface area contributed by atoms with Crippen LogP contribution < -0.4 is 5.73 Å². The molecular weight excluding hydrogens is 370 g/mol. The number of benzene rings is 2. The zero-order valence-corrected chi connectivity index (χ0v) is 17.7. The van der Waals surface area contributed by atoms with Gasteiger partial charge in [0, 0.05) is 5.92 Å². The number of pyridine rings is 1. The first-order valence-corrected chi connectivity index (χ1v) is 10.6. The van der Waals surface area contributed by atoms with Crippen LogP contribution in [0.3, 0.4) is 0 Å². The van der Waals surface area contributed by atoms with Crippen LogP contribution in [0.5, 0.6) is 0 Å². The van der Waals surface area contributed by atoms with Crippen molar-refractivity contribution in [2.24, 2.45) is 0 Å². The van der Waals surface area contributed by atoms with Gasteiger partial charge < -0.3 is 5.73 Å². The molecule has 1 atom stereocenters. The minimum absolute atomic E-state index is 0.171. The molecule has 4 rings (SSSR count). The third-order valence-corrected chi connectivity index (χ3v) is 6.02. The predicted molar refractivity (Wildman–Crippen MR) is 122 cm³/mol. The Balaban J connectivity index is 1.53. The molecule has 0 fully saturated rings. The van der Waals surface area contributed by atoms with Crippen molar-refractivity contribution in [2.75, 3.05) is 5.73 Å². The number of nitrogens with one attached hydrogen (secondary N) is 1. The zero-order chi connectivity index (χ0) is 21.0. The molecule has 0 bridgehead atoms. The molecule has 1 unspecified atom stereocenters. The highest BCUT2D eigenvalue weighted by molar-refractivity contribution is 5.77. The third-order valence-electron chi connectivity index (χ3n) is 6.02. The highest BCUT2D eigenvalue weighted by Gasteiger charge is 2.22. The van der Waals surface area contributed by atoms with Crippen molar-refractivity contribution in [1.29, 1.82) is 0 Å². The van der Waals surface area contributed by atoms with Gasteiger partial charge in [-0.2, -0.15) is 10.3 Å². The van der Waals surface area contributed by atoms with E-state index in [2.05, 4.69) is 94.9 Å². The molecule has 30 heavy (non-hydrogen) atoms. The number of fused-ring (bicyclic) bond motifs is 1. The lowest BCUT2D eigenvalue weighted by atomic mass is 9.79. The maximum Gasteiger partial charge on any atom is 0.203 e. The second-order valence-corrected chi connectivity index (χ2v) is 8.59. The van der Waals surface area contributed by atoms with Crippen LogP contribution in [0.25, 0.3) is 11.2 Å². The zero-order valence-electron chi connectivity index (χ0n) is 17.7. The van der Waals surface area contributed by atoms with Gasteiger partial charge in [0.1, 0.15) is 11.3 Å². The predicted octanol–water partition coefficient (Wildman–Crippen LogP) is 5.61. The molecule has 0 aliphatic carbocycles. The molecule has 3 N–H and O–H groups in total. The second kappa shape index (κ2) is 8.66. The molecule has 0 saturated carbocycles. The lowest BCUT2D eigenvalue weighted by molar-refractivity contribution is 0.443. The van der Waals surface area contributed by atoms with Crippen LogP contribution in [0.4, 0.5) is 5.82 Å². The molecule has 154 valence electrons. The maximum absolute atomic E-state index is 6.08. The van der Waals surface area contributed by atoms with Crippen LogP contribution in [0.15, 0.2) is 66.7 Å². The Labute approximate surface area is 177 Å². The van der Waals surface area contributed by atoms with E-state index in [-0.39, 0.29) is 11.3 Å². The van der Waals surface area contributed by atoms with Gasteiger partial charge in [0.05, 0.1) is 0 Å². The standard InChI is InChI=1S/C25H29N5/c1-25(2,19-13-7-4-8-14-19)16-10-9-15-20(18-11-5-3-6-12-18)21-17-22(26)27-24-23(21)28-30-29-24/h3-8,11-14,17,20H,9-10,15-16H2,1-2H3,(H3,26,27,28,29,30). The molecular formula is C25H29N5. The number of nitrogen functional groups attached to an aromatic ring is 1. The fraction of sp³-hybridized carbons (Fsp3) is 0.320. The second-order valence-electron chi connectivity index (χ2n) is 8.59. The van der Waals surface area contributed by atoms with Crippen LogP contribution in [-0.4, -0.2) is 20.4 Å². The third kappa shape index (κ3) is 4.35. The number of nitrogens with zero attached hydrogens (tertiary/aromatic N) is 3. The Kier molecular flexibility index (Phi) is 5.79. The SMILES string of the molecule is CC(C)(CCCCC(c1ccccc1)c1cc(N)nc2n[nH]nc12)c1ccccc1. The summed E-state index contributed by atoms with van der Waals surface area (Å²) < 4.78 is 0. The van der Waals surface area contributed by atoms with Gasteiger partial charge in [0.25, 0.3) is 0 Å². The first kappa shape index (κ1) is 20.1. The number of aromatic nitrogens is 4. The minimum Gasteiger partial charge on any atom is -0.384 e. The topological polar surface area (TPSA) is 80.5 Å². The van der Waals surface area contributed by atoms with Gasteiger partial charge in [-0.05, 0) is 41.0 Å². The van der Waals surface area contributed by atoms with Crippen LogP contribution in [0.2, 0.25) is 0 Å². The molecule has 0 amide bonds. The summed E-state index contributed by atoms with van der Waals surface area (Å²) in [5, 5.41) is 11.2. The molecule has 2 aromatic heterocycles. The van der Waals surface area contributed by atoms with Crippen molar-refractivity contribution < 1.29 is 0 Å². The fourth-order valence-electron chi connectivity index (χ4n) is 4.28. The lowest BCUT2D eigenvalue weighted by Crippen LogP contribution is -2.16. The normalized spacial score (nSPS) is 12.9. The number of rotatable bonds is 8.